The average molecular weight is 282 g/mol. The van der Waals surface area contributed by atoms with E-state index in [0.29, 0.717) is 18.2 Å². The summed E-state index contributed by atoms with van der Waals surface area (Å²) in [6.07, 6.45) is 7.65. The highest BCUT2D eigenvalue weighted by Crippen LogP contribution is 2.29. The molecule has 0 aromatic heterocycles. The normalized spacial score (nSPS) is 32.5. The first-order valence-corrected chi connectivity index (χ1v) is 7.97. The van der Waals surface area contributed by atoms with Gasteiger partial charge in [-0.15, -0.1) is 0 Å². The zero-order valence-electron chi connectivity index (χ0n) is 12.3. The van der Waals surface area contributed by atoms with Gasteiger partial charge in [0.1, 0.15) is 6.04 Å². The van der Waals surface area contributed by atoms with E-state index in [-0.39, 0.29) is 12.0 Å². The lowest BCUT2D eigenvalue weighted by atomic mass is 9.90. The van der Waals surface area contributed by atoms with E-state index in [1.807, 2.05) is 0 Å². The SMILES string of the molecule is COC(=O)C(CN1CCOC2CCCCC21)NC1CC1. The van der Waals surface area contributed by atoms with Gasteiger partial charge in [0.25, 0.3) is 0 Å². The summed E-state index contributed by atoms with van der Waals surface area (Å²) in [4.78, 5) is 14.4. The molecule has 114 valence electrons. The molecule has 0 amide bonds. The summed E-state index contributed by atoms with van der Waals surface area (Å²) in [6.45, 7) is 2.48. The molecular formula is C15H26N2O3. The highest BCUT2D eigenvalue weighted by atomic mass is 16.5. The Bertz CT molecular complexity index is 344. The molecule has 3 atom stereocenters. The van der Waals surface area contributed by atoms with Crippen molar-refractivity contribution in [3.8, 4) is 0 Å². The van der Waals surface area contributed by atoms with Gasteiger partial charge < -0.3 is 14.8 Å². The van der Waals surface area contributed by atoms with Crippen molar-refractivity contribution in [3.63, 3.8) is 0 Å². The van der Waals surface area contributed by atoms with Crippen molar-refractivity contribution in [2.24, 2.45) is 0 Å². The van der Waals surface area contributed by atoms with E-state index in [0.717, 1.165) is 19.7 Å². The zero-order valence-corrected chi connectivity index (χ0v) is 12.3. The van der Waals surface area contributed by atoms with Crippen LogP contribution in [0.2, 0.25) is 0 Å². The lowest BCUT2D eigenvalue weighted by Gasteiger charge is -2.44. The third-order valence-corrected chi connectivity index (χ3v) is 4.76. The van der Waals surface area contributed by atoms with Crippen LogP contribution in [0.15, 0.2) is 0 Å². The Labute approximate surface area is 121 Å². The maximum Gasteiger partial charge on any atom is 0.324 e. The van der Waals surface area contributed by atoms with E-state index in [1.165, 1.54) is 45.6 Å². The van der Waals surface area contributed by atoms with Gasteiger partial charge in [0.2, 0.25) is 0 Å². The Morgan fingerprint density at radius 2 is 2.15 bits per heavy atom. The van der Waals surface area contributed by atoms with E-state index in [4.69, 9.17) is 9.47 Å². The predicted molar refractivity (Wildman–Crippen MR) is 75.5 cm³/mol. The van der Waals surface area contributed by atoms with Crippen LogP contribution >= 0.6 is 0 Å². The predicted octanol–water partition coefficient (Wildman–Crippen LogP) is 0.923. The molecule has 3 aliphatic rings. The van der Waals surface area contributed by atoms with Gasteiger partial charge in [-0.05, 0) is 25.7 Å². The summed E-state index contributed by atoms with van der Waals surface area (Å²) in [7, 11) is 1.48. The number of carbonyl (C=O) groups is 1. The number of nitrogens with one attached hydrogen (secondary N) is 1. The van der Waals surface area contributed by atoms with Crippen molar-refractivity contribution < 1.29 is 14.3 Å². The molecule has 1 aliphatic heterocycles. The van der Waals surface area contributed by atoms with Gasteiger partial charge in [-0.3, -0.25) is 9.69 Å². The minimum absolute atomic E-state index is 0.129. The largest absolute Gasteiger partial charge is 0.468 e. The summed E-state index contributed by atoms with van der Waals surface area (Å²) in [6, 6.07) is 0.820. The molecule has 2 aliphatic carbocycles. The zero-order chi connectivity index (χ0) is 13.9. The molecule has 2 saturated carbocycles. The molecule has 20 heavy (non-hydrogen) atoms. The fraction of sp³-hybridized carbons (Fsp3) is 0.933. The Kier molecular flexibility index (Phi) is 4.58. The number of fused-ring (bicyclic) bond motifs is 1. The van der Waals surface area contributed by atoms with Crippen molar-refractivity contribution >= 4 is 5.97 Å². The maximum atomic E-state index is 12.0. The van der Waals surface area contributed by atoms with E-state index in [2.05, 4.69) is 10.2 Å². The maximum absolute atomic E-state index is 12.0. The van der Waals surface area contributed by atoms with Gasteiger partial charge >= 0.3 is 5.97 Å². The average Bonchev–Trinajstić information content (AvgIpc) is 3.30. The molecule has 1 saturated heterocycles. The van der Waals surface area contributed by atoms with Crippen LogP contribution in [0.1, 0.15) is 38.5 Å². The number of morpholine rings is 1. The smallest absolute Gasteiger partial charge is 0.324 e. The van der Waals surface area contributed by atoms with Gasteiger partial charge in [-0.2, -0.15) is 0 Å². The third kappa shape index (κ3) is 3.32. The van der Waals surface area contributed by atoms with Gasteiger partial charge in [0.15, 0.2) is 0 Å². The highest BCUT2D eigenvalue weighted by Gasteiger charge is 2.37. The molecule has 3 unspecified atom stereocenters. The van der Waals surface area contributed by atoms with Crippen LogP contribution in [0, 0.1) is 0 Å². The van der Waals surface area contributed by atoms with E-state index in [1.54, 1.807) is 0 Å². The Balaban J connectivity index is 1.61. The number of carbonyl (C=O) groups excluding carboxylic acids is 1. The molecule has 0 aromatic rings. The number of rotatable bonds is 5. The van der Waals surface area contributed by atoms with Gasteiger partial charge in [-0.25, -0.2) is 0 Å². The first-order chi connectivity index (χ1) is 9.78. The number of methoxy groups -OCH3 is 1. The molecule has 5 heteroatoms. The molecule has 0 aromatic carbocycles. The van der Waals surface area contributed by atoms with Crippen LogP contribution in [0.4, 0.5) is 0 Å². The second-order valence-corrected chi connectivity index (χ2v) is 6.27. The van der Waals surface area contributed by atoms with Crippen LogP contribution in [0.5, 0.6) is 0 Å². The highest BCUT2D eigenvalue weighted by molar-refractivity contribution is 5.76. The van der Waals surface area contributed by atoms with E-state index in [9.17, 15) is 4.79 Å². The monoisotopic (exact) mass is 282 g/mol. The Morgan fingerprint density at radius 3 is 2.90 bits per heavy atom. The number of esters is 1. The number of hydrogen-bond donors (Lipinski definition) is 1. The van der Waals surface area contributed by atoms with Crippen LogP contribution in [-0.2, 0) is 14.3 Å². The molecule has 1 heterocycles. The third-order valence-electron chi connectivity index (χ3n) is 4.76. The molecule has 3 fully saturated rings. The molecule has 5 nitrogen and oxygen atoms in total. The fourth-order valence-electron chi connectivity index (χ4n) is 3.51. The van der Waals surface area contributed by atoms with Crippen LogP contribution in [0.3, 0.4) is 0 Å². The number of hydrogen-bond acceptors (Lipinski definition) is 5. The van der Waals surface area contributed by atoms with Crippen LogP contribution in [0.25, 0.3) is 0 Å². The Hall–Kier alpha value is -0.650. The lowest BCUT2D eigenvalue weighted by Crippen LogP contribution is -2.57. The van der Waals surface area contributed by atoms with Gasteiger partial charge in [0, 0.05) is 25.2 Å². The number of nitrogens with zero attached hydrogens (tertiary/aromatic N) is 1. The van der Waals surface area contributed by atoms with Crippen molar-refractivity contribution in [3.05, 3.63) is 0 Å². The fourth-order valence-corrected chi connectivity index (χ4v) is 3.51. The van der Waals surface area contributed by atoms with E-state index < -0.39 is 0 Å². The van der Waals surface area contributed by atoms with Gasteiger partial charge in [-0.1, -0.05) is 12.8 Å². The summed E-state index contributed by atoms with van der Waals surface area (Å²) >= 11 is 0. The van der Waals surface area contributed by atoms with Crippen molar-refractivity contribution in [2.45, 2.75) is 62.8 Å². The van der Waals surface area contributed by atoms with E-state index >= 15 is 0 Å². The molecule has 1 N–H and O–H groups in total. The molecule has 0 radical (unpaired) electrons. The van der Waals surface area contributed by atoms with Gasteiger partial charge in [0.05, 0.1) is 19.8 Å². The summed E-state index contributed by atoms with van der Waals surface area (Å²) < 4.78 is 10.9. The quantitative estimate of drug-likeness (QED) is 0.760. The minimum atomic E-state index is -0.187. The summed E-state index contributed by atoms with van der Waals surface area (Å²) in [5, 5.41) is 3.43. The molecule has 3 rings (SSSR count). The first kappa shape index (κ1) is 14.3. The first-order valence-electron chi connectivity index (χ1n) is 7.97. The molecule has 0 spiro atoms. The summed E-state index contributed by atoms with van der Waals surface area (Å²) in [5.41, 5.74) is 0. The van der Waals surface area contributed by atoms with Crippen molar-refractivity contribution in [2.75, 3.05) is 26.8 Å². The second-order valence-electron chi connectivity index (χ2n) is 6.27. The lowest BCUT2D eigenvalue weighted by molar-refractivity contribution is -0.145. The molecule has 0 bridgehead atoms. The standard InChI is InChI=1S/C15H26N2O3/c1-19-15(18)12(16-11-6-7-11)10-17-8-9-20-14-5-3-2-4-13(14)17/h11-14,16H,2-10H2,1H3. The summed E-state index contributed by atoms with van der Waals surface area (Å²) in [5.74, 6) is -0.129. The molecular weight excluding hydrogens is 256 g/mol. The minimum Gasteiger partial charge on any atom is -0.468 e. The Morgan fingerprint density at radius 1 is 1.35 bits per heavy atom. The second kappa shape index (κ2) is 6.41. The van der Waals surface area contributed by atoms with Crippen LogP contribution < -0.4 is 5.32 Å². The van der Waals surface area contributed by atoms with Crippen molar-refractivity contribution in [1.29, 1.82) is 0 Å². The number of ether oxygens (including phenoxy) is 2. The van der Waals surface area contributed by atoms with Crippen LogP contribution in [-0.4, -0.2) is 61.9 Å². The topological polar surface area (TPSA) is 50.8 Å². The van der Waals surface area contributed by atoms with Crippen molar-refractivity contribution in [1.82, 2.24) is 10.2 Å².